The van der Waals surface area contributed by atoms with Gasteiger partial charge in [-0.2, -0.15) is 0 Å². The van der Waals surface area contributed by atoms with Crippen LogP contribution in [0.4, 0.5) is 11.4 Å². The highest BCUT2D eigenvalue weighted by molar-refractivity contribution is 8.00. The van der Waals surface area contributed by atoms with Crippen LogP contribution in [0.3, 0.4) is 0 Å². The Kier molecular flexibility index (Phi) is 8.69. The lowest BCUT2D eigenvalue weighted by Gasteiger charge is -2.15. The van der Waals surface area contributed by atoms with E-state index in [2.05, 4.69) is 15.6 Å². The number of anilines is 2. The summed E-state index contributed by atoms with van der Waals surface area (Å²) in [6.45, 7) is 0. The molecule has 0 radical (unpaired) electrons. The minimum atomic E-state index is -0.639. The van der Waals surface area contributed by atoms with Crippen LogP contribution in [0.2, 0.25) is 0 Å². The molecule has 1 atom stereocenters. The molecule has 236 valence electrons. The second-order valence-corrected chi connectivity index (χ2v) is 13.0. The number of thioether (sulfide) groups is 1. The van der Waals surface area contributed by atoms with Crippen LogP contribution in [0.25, 0.3) is 28.6 Å². The van der Waals surface area contributed by atoms with E-state index in [1.807, 2.05) is 53.9 Å². The quantitative estimate of drug-likeness (QED) is 0.122. The largest absolute Gasteiger partial charge is 0.436 e. The molecule has 7 rings (SSSR count). The summed E-state index contributed by atoms with van der Waals surface area (Å²) in [4.78, 5) is 60.0. The molecule has 1 aliphatic rings. The fraction of sp³-hybridized carbons (Fsp3) is 0.0541. The second-order valence-electron chi connectivity index (χ2n) is 10.8. The van der Waals surface area contributed by atoms with Crippen LogP contribution < -0.4 is 15.5 Å². The van der Waals surface area contributed by atoms with E-state index >= 15 is 0 Å². The summed E-state index contributed by atoms with van der Waals surface area (Å²) in [7, 11) is 0. The monoisotopic (exact) mass is 670 g/mol. The van der Waals surface area contributed by atoms with E-state index < -0.39 is 17.1 Å². The minimum absolute atomic E-state index is 0.0339. The summed E-state index contributed by atoms with van der Waals surface area (Å²) in [5, 5.41) is 6.82. The van der Waals surface area contributed by atoms with Gasteiger partial charge in [0.1, 0.15) is 11.2 Å². The molecule has 2 aromatic heterocycles. The Morgan fingerprint density at radius 1 is 0.896 bits per heavy atom. The van der Waals surface area contributed by atoms with Crippen LogP contribution >= 0.6 is 23.1 Å². The number of carbonyl (C=O) groups is 4. The molecule has 6 aromatic rings. The first-order valence-corrected chi connectivity index (χ1v) is 16.7. The van der Waals surface area contributed by atoms with Crippen LogP contribution in [-0.4, -0.2) is 33.9 Å². The van der Waals surface area contributed by atoms with Gasteiger partial charge in [0.05, 0.1) is 10.9 Å². The number of amides is 4. The van der Waals surface area contributed by atoms with Gasteiger partial charge in [-0.1, -0.05) is 42.5 Å². The van der Waals surface area contributed by atoms with E-state index in [-0.39, 0.29) is 23.9 Å². The molecular weight excluding hydrogens is 645 g/mol. The summed E-state index contributed by atoms with van der Waals surface area (Å²) in [5.74, 6) is -1.08. The Bertz CT molecular complexity index is 2140. The number of nitrogens with one attached hydrogen (secondary N) is 2. The molecule has 0 bridgehead atoms. The maximum atomic E-state index is 13.5. The number of benzene rings is 4. The zero-order valence-corrected chi connectivity index (χ0v) is 26.8. The van der Waals surface area contributed by atoms with Gasteiger partial charge in [-0.15, -0.1) is 23.1 Å². The average Bonchev–Trinajstić information content (AvgIpc) is 3.84. The average molecular weight is 671 g/mol. The predicted octanol–water partition coefficient (Wildman–Crippen LogP) is 7.39. The smallest absolute Gasteiger partial charge is 0.272 e. The highest BCUT2D eigenvalue weighted by Crippen LogP contribution is 2.36. The van der Waals surface area contributed by atoms with Gasteiger partial charge in [-0.25, -0.2) is 9.88 Å². The lowest BCUT2D eigenvalue weighted by Crippen LogP contribution is -2.31. The van der Waals surface area contributed by atoms with Crippen molar-refractivity contribution >= 4 is 75.3 Å². The zero-order valence-electron chi connectivity index (χ0n) is 25.2. The van der Waals surface area contributed by atoms with Gasteiger partial charge in [-0.3, -0.25) is 19.2 Å². The molecule has 9 nitrogen and oxygen atoms in total. The maximum Gasteiger partial charge on any atom is 0.272 e. The Hall–Kier alpha value is -5.78. The predicted molar refractivity (Wildman–Crippen MR) is 187 cm³/mol. The number of imide groups is 1. The summed E-state index contributed by atoms with van der Waals surface area (Å²) in [6.07, 6.45) is 1.66. The summed E-state index contributed by atoms with van der Waals surface area (Å²) < 4.78 is 5.84. The topological polar surface area (TPSA) is 122 Å². The zero-order chi connectivity index (χ0) is 33.0. The van der Waals surface area contributed by atoms with Crippen molar-refractivity contribution in [3.05, 3.63) is 137 Å². The number of hydrogen-bond acceptors (Lipinski definition) is 8. The van der Waals surface area contributed by atoms with Crippen LogP contribution in [0.15, 0.2) is 136 Å². The molecule has 3 heterocycles. The van der Waals surface area contributed by atoms with E-state index in [4.69, 9.17) is 4.42 Å². The van der Waals surface area contributed by atoms with Crippen molar-refractivity contribution in [3.63, 3.8) is 0 Å². The highest BCUT2D eigenvalue weighted by atomic mass is 32.2. The van der Waals surface area contributed by atoms with Gasteiger partial charge in [0.2, 0.25) is 17.7 Å². The first kappa shape index (κ1) is 30.9. The minimum Gasteiger partial charge on any atom is -0.436 e. The van der Waals surface area contributed by atoms with E-state index in [9.17, 15) is 19.2 Å². The van der Waals surface area contributed by atoms with Crippen molar-refractivity contribution in [1.29, 1.82) is 0 Å². The van der Waals surface area contributed by atoms with Crippen LogP contribution in [0, 0.1) is 0 Å². The molecule has 4 amide bonds. The number of fused-ring (bicyclic) bond motifs is 1. The number of nitrogens with zero attached hydrogens (tertiary/aromatic N) is 2. The molecule has 1 unspecified atom stereocenters. The van der Waals surface area contributed by atoms with E-state index in [0.717, 1.165) is 16.0 Å². The van der Waals surface area contributed by atoms with E-state index in [0.29, 0.717) is 33.3 Å². The summed E-state index contributed by atoms with van der Waals surface area (Å²) in [6, 6.07) is 33.8. The maximum absolute atomic E-state index is 13.5. The fourth-order valence-electron chi connectivity index (χ4n) is 5.18. The number of para-hydroxylation sites is 2. The van der Waals surface area contributed by atoms with Crippen molar-refractivity contribution in [2.24, 2.45) is 0 Å². The van der Waals surface area contributed by atoms with Crippen molar-refractivity contribution < 1.29 is 23.6 Å². The molecule has 11 heteroatoms. The molecule has 0 spiro atoms. The van der Waals surface area contributed by atoms with Crippen molar-refractivity contribution in [3.8, 4) is 11.5 Å². The SMILES string of the molecule is O=C(Nc1cccc(SC2CC(=O)N(c3ccc(-c4nc5ccccc5o4)cc3)C2=O)c1)/C(=C\c1cccs1)NC(=O)c1ccccc1. The fourth-order valence-corrected chi connectivity index (χ4v) is 6.95. The van der Waals surface area contributed by atoms with Crippen molar-refractivity contribution in [2.75, 3.05) is 10.2 Å². The number of oxazole rings is 1. The molecule has 0 aliphatic carbocycles. The van der Waals surface area contributed by atoms with Crippen LogP contribution in [0.1, 0.15) is 21.7 Å². The molecule has 0 saturated carbocycles. The van der Waals surface area contributed by atoms with Crippen LogP contribution in [-0.2, 0) is 14.4 Å². The summed E-state index contributed by atoms with van der Waals surface area (Å²) >= 11 is 2.69. The lowest BCUT2D eigenvalue weighted by molar-refractivity contribution is -0.121. The Balaban J connectivity index is 1.03. The number of thiophene rings is 1. The number of hydrogen-bond donors (Lipinski definition) is 2. The second kappa shape index (κ2) is 13.5. The molecule has 1 saturated heterocycles. The van der Waals surface area contributed by atoms with Gasteiger partial charge < -0.3 is 15.1 Å². The molecule has 1 fully saturated rings. The normalized spacial score (nSPS) is 14.8. The summed E-state index contributed by atoms with van der Waals surface area (Å²) in [5.41, 5.74) is 3.59. The molecule has 1 aliphatic heterocycles. The molecule has 2 N–H and O–H groups in total. The van der Waals surface area contributed by atoms with Crippen LogP contribution in [0.5, 0.6) is 0 Å². The first-order valence-electron chi connectivity index (χ1n) is 14.9. The van der Waals surface area contributed by atoms with Gasteiger partial charge >= 0.3 is 0 Å². The van der Waals surface area contributed by atoms with Gasteiger partial charge in [0.25, 0.3) is 11.8 Å². The molecular formula is C37H26N4O5S2. The van der Waals surface area contributed by atoms with E-state index in [1.165, 1.54) is 28.0 Å². The molecule has 4 aromatic carbocycles. The third kappa shape index (κ3) is 6.68. The number of aromatic nitrogens is 1. The Morgan fingerprint density at radius 3 is 2.46 bits per heavy atom. The Labute approximate surface area is 283 Å². The third-order valence-electron chi connectivity index (χ3n) is 7.50. The lowest BCUT2D eigenvalue weighted by atomic mass is 10.2. The number of carbonyl (C=O) groups excluding carboxylic acids is 4. The third-order valence-corrected chi connectivity index (χ3v) is 9.50. The van der Waals surface area contributed by atoms with Gasteiger partial charge in [0.15, 0.2) is 5.58 Å². The van der Waals surface area contributed by atoms with Gasteiger partial charge in [-0.05, 0) is 84.3 Å². The van der Waals surface area contributed by atoms with E-state index in [1.54, 1.807) is 72.8 Å². The number of rotatable bonds is 9. The van der Waals surface area contributed by atoms with Gasteiger partial charge in [0, 0.05) is 33.0 Å². The van der Waals surface area contributed by atoms with Crippen molar-refractivity contribution in [2.45, 2.75) is 16.6 Å². The highest BCUT2D eigenvalue weighted by Gasteiger charge is 2.40. The first-order chi connectivity index (χ1) is 23.4. The standard InChI is InChI=1S/C37H26N4O5S2/c42-33-22-32(37(45)41(33)26-17-15-24(16-18-26)36-40-29-13-4-5-14-31(29)46-36)48-28-11-6-10-25(20-28)38-35(44)30(21-27-12-7-19-47-27)39-34(43)23-8-2-1-3-9-23/h1-21,32H,22H2,(H,38,44)(H,39,43)/b30-21+. The molecule has 48 heavy (non-hydrogen) atoms. The Morgan fingerprint density at radius 2 is 1.69 bits per heavy atom. The van der Waals surface area contributed by atoms with Crippen molar-refractivity contribution in [1.82, 2.24) is 10.3 Å².